The molecule has 1 aromatic carbocycles. The van der Waals surface area contributed by atoms with Crippen LogP contribution in [-0.4, -0.2) is 27.1 Å². The summed E-state index contributed by atoms with van der Waals surface area (Å²) in [6, 6.07) is 6.73. The van der Waals surface area contributed by atoms with Gasteiger partial charge >= 0.3 is 10.3 Å². The van der Waals surface area contributed by atoms with Gasteiger partial charge in [0.05, 0.1) is 5.69 Å². The number of hydrogen-bond donors (Lipinski definition) is 1. The van der Waals surface area contributed by atoms with Crippen molar-refractivity contribution in [1.82, 2.24) is 0 Å². The highest BCUT2D eigenvalue weighted by molar-refractivity contribution is 7.84. The summed E-state index contributed by atoms with van der Waals surface area (Å²) >= 11 is 0. The molecule has 15 heavy (non-hydrogen) atoms. The van der Waals surface area contributed by atoms with Crippen LogP contribution >= 0.6 is 0 Å². The highest BCUT2D eigenvalue weighted by atomic mass is 32.2. The molecule has 0 aliphatic rings. The maximum atomic E-state index is 10.3. The average Bonchev–Trinajstić information content (AvgIpc) is 2.14. The molecule has 1 N–H and O–H groups in total. The minimum Gasteiger partial charge on any atom is -0.378 e. The molecule has 0 saturated carbocycles. The summed E-state index contributed by atoms with van der Waals surface area (Å²) in [5.74, 6) is 0. The fraction of sp³-hybridized carbons (Fsp3) is 0.250. The monoisotopic (exact) mass is 229 g/mol. The van der Waals surface area contributed by atoms with Crippen LogP contribution in [0.1, 0.15) is 0 Å². The first-order chi connectivity index (χ1) is 6.88. The zero-order valence-corrected chi connectivity index (χ0v) is 9.14. The Morgan fingerprint density at radius 1 is 1.20 bits per heavy atom. The van der Waals surface area contributed by atoms with Gasteiger partial charge < -0.3 is 4.90 Å². The highest BCUT2D eigenvalue weighted by Gasteiger charge is 1.99. The topological polar surface area (TPSA) is 82.3 Å². The Labute approximate surface area is 88.1 Å². The van der Waals surface area contributed by atoms with Crippen molar-refractivity contribution in [3.05, 3.63) is 24.3 Å². The lowest BCUT2D eigenvalue weighted by Gasteiger charge is -2.11. The predicted molar refractivity (Wildman–Crippen MR) is 56.8 cm³/mol. The van der Waals surface area contributed by atoms with Crippen LogP contribution in [0.4, 0.5) is 11.4 Å². The maximum Gasteiger partial charge on any atom is 0.396 e. The van der Waals surface area contributed by atoms with Gasteiger partial charge in [-0.25, -0.2) is 0 Å². The normalized spacial score (nSPS) is 11.9. The first-order valence-electron chi connectivity index (χ1n) is 4.06. The molecule has 1 rings (SSSR count). The van der Waals surface area contributed by atoms with Gasteiger partial charge in [0.25, 0.3) is 0 Å². The third-order valence-corrected chi connectivity index (χ3v) is 1.91. The van der Waals surface area contributed by atoms with Crippen molar-refractivity contribution >= 4 is 21.7 Å². The molecule has 0 heterocycles. The van der Waals surface area contributed by atoms with E-state index in [0.717, 1.165) is 5.69 Å². The molecule has 0 aromatic heterocycles. The van der Waals surface area contributed by atoms with E-state index in [9.17, 15) is 8.42 Å². The molecule has 0 spiro atoms. The lowest BCUT2D eigenvalue weighted by molar-refractivity contribution is 0.482. The minimum atomic E-state index is -4.40. The molecule has 0 radical (unpaired) electrons. The Morgan fingerprint density at radius 2 is 1.73 bits per heavy atom. The molecule has 7 heteroatoms. The van der Waals surface area contributed by atoms with Crippen molar-refractivity contribution in [2.24, 2.45) is 9.63 Å². The zero-order valence-electron chi connectivity index (χ0n) is 8.32. The molecule has 82 valence electrons. The third kappa shape index (κ3) is 4.05. The Hall–Kier alpha value is -1.47. The average molecular weight is 229 g/mol. The second kappa shape index (κ2) is 4.37. The van der Waals surface area contributed by atoms with E-state index in [0.29, 0.717) is 5.69 Å². The van der Waals surface area contributed by atoms with Gasteiger partial charge in [0.2, 0.25) is 0 Å². The quantitative estimate of drug-likeness (QED) is 0.631. The predicted octanol–water partition coefficient (Wildman–Crippen LogP) is 1.64. The van der Waals surface area contributed by atoms with Gasteiger partial charge in [-0.3, -0.25) is 4.55 Å². The van der Waals surface area contributed by atoms with E-state index in [1.54, 1.807) is 24.3 Å². The lowest BCUT2D eigenvalue weighted by Crippen LogP contribution is -2.07. The smallest absolute Gasteiger partial charge is 0.378 e. The number of hydrogen-bond acceptors (Lipinski definition) is 4. The van der Waals surface area contributed by atoms with Crippen molar-refractivity contribution in [2.75, 3.05) is 19.0 Å². The molecule has 0 atom stereocenters. The van der Waals surface area contributed by atoms with Crippen molar-refractivity contribution in [3.8, 4) is 0 Å². The van der Waals surface area contributed by atoms with Crippen molar-refractivity contribution in [3.63, 3.8) is 0 Å². The van der Waals surface area contributed by atoms with E-state index in [4.69, 9.17) is 4.55 Å². The Morgan fingerprint density at radius 3 is 2.13 bits per heavy atom. The van der Waals surface area contributed by atoms with E-state index >= 15 is 0 Å². The SMILES string of the molecule is CN(C)c1ccc(N=NS(=O)(=O)O)cc1. The van der Waals surface area contributed by atoms with Gasteiger partial charge in [0, 0.05) is 19.8 Å². The van der Waals surface area contributed by atoms with Crippen LogP contribution < -0.4 is 4.90 Å². The van der Waals surface area contributed by atoms with Gasteiger partial charge in [0.1, 0.15) is 0 Å². The molecule has 0 saturated heterocycles. The Balaban J connectivity index is 2.86. The van der Waals surface area contributed by atoms with E-state index in [1.165, 1.54) is 0 Å². The first-order valence-corrected chi connectivity index (χ1v) is 5.46. The van der Waals surface area contributed by atoms with E-state index in [2.05, 4.69) is 9.63 Å². The molecule has 0 fully saturated rings. The van der Waals surface area contributed by atoms with E-state index in [1.807, 2.05) is 19.0 Å². The van der Waals surface area contributed by atoms with Gasteiger partial charge in [-0.2, -0.15) is 8.42 Å². The third-order valence-electron chi connectivity index (χ3n) is 1.63. The number of anilines is 1. The van der Waals surface area contributed by atoms with E-state index < -0.39 is 10.3 Å². The molecule has 0 unspecified atom stereocenters. The second-order valence-electron chi connectivity index (χ2n) is 3.04. The molecular formula is C8H11N3O3S. The molecular weight excluding hydrogens is 218 g/mol. The summed E-state index contributed by atoms with van der Waals surface area (Å²) in [4.78, 5) is 1.89. The summed E-state index contributed by atoms with van der Waals surface area (Å²) in [7, 11) is -0.634. The van der Waals surface area contributed by atoms with Crippen molar-refractivity contribution in [2.45, 2.75) is 0 Å². The molecule has 0 aliphatic heterocycles. The van der Waals surface area contributed by atoms with Crippen LogP contribution in [-0.2, 0) is 10.3 Å². The maximum absolute atomic E-state index is 10.3. The standard InChI is InChI=1S/C8H11N3O3S/c1-11(2)8-5-3-7(4-6-8)9-10-15(12,13)14/h3-6H,1-2H3,(H,12,13,14). The van der Waals surface area contributed by atoms with Gasteiger partial charge in [-0.15, -0.1) is 5.11 Å². The van der Waals surface area contributed by atoms with Gasteiger partial charge in [0.15, 0.2) is 0 Å². The molecule has 1 aromatic rings. The van der Waals surface area contributed by atoms with Crippen LogP contribution in [0.15, 0.2) is 33.9 Å². The van der Waals surface area contributed by atoms with Gasteiger partial charge in [-0.05, 0) is 28.8 Å². The van der Waals surface area contributed by atoms with Crippen LogP contribution in [0.25, 0.3) is 0 Å². The summed E-state index contributed by atoms with van der Waals surface area (Å²) in [6.07, 6.45) is 0. The summed E-state index contributed by atoms with van der Waals surface area (Å²) in [5.41, 5.74) is 1.32. The molecule has 6 nitrogen and oxygen atoms in total. The lowest BCUT2D eigenvalue weighted by atomic mass is 10.3. The Kier molecular flexibility index (Phi) is 3.38. The minimum absolute atomic E-state index is 0.359. The van der Waals surface area contributed by atoms with Gasteiger partial charge in [-0.1, -0.05) is 0 Å². The molecule has 0 bridgehead atoms. The van der Waals surface area contributed by atoms with Crippen LogP contribution in [0.5, 0.6) is 0 Å². The summed E-state index contributed by atoms with van der Waals surface area (Å²) in [5, 5.41) is 3.35. The second-order valence-corrected chi connectivity index (χ2v) is 4.10. The fourth-order valence-corrected chi connectivity index (χ4v) is 1.11. The van der Waals surface area contributed by atoms with Crippen LogP contribution in [0.3, 0.4) is 0 Å². The fourth-order valence-electron chi connectivity index (χ4n) is 0.916. The number of benzene rings is 1. The highest BCUT2D eigenvalue weighted by Crippen LogP contribution is 2.18. The van der Waals surface area contributed by atoms with Crippen LogP contribution in [0, 0.1) is 0 Å². The van der Waals surface area contributed by atoms with Crippen molar-refractivity contribution < 1.29 is 13.0 Å². The number of rotatable bonds is 3. The summed E-state index contributed by atoms with van der Waals surface area (Å²) < 4.78 is 31.6. The Bertz CT molecular complexity index is 451. The number of nitrogens with zero attached hydrogens (tertiary/aromatic N) is 3. The van der Waals surface area contributed by atoms with Crippen LogP contribution in [0.2, 0.25) is 0 Å². The molecule has 0 aliphatic carbocycles. The largest absolute Gasteiger partial charge is 0.396 e. The first kappa shape index (κ1) is 11.6. The molecule has 0 amide bonds. The van der Waals surface area contributed by atoms with E-state index in [-0.39, 0.29) is 0 Å². The zero-order chi connectivity index (χ0) is 11.5. The van der Waals surface area contributed by atoms with Crippen molar-refractivity contribution in [1.29, 1.82) is 0 Å². The summed E-state index contributed by atoms with van der Waals surface area (Å²) in [6.45, 7) is 0.